The summed E-state index contributed by atoms with van der Waals surface area (Å²) in [4.78, 5) is 0. The Morgan fingerprint density at radius 2 is 1.73 bits per heavy atom. The Kier molecular flexibility index (Phi) is 1.35. The van der Waals surface area contributed by atoms with Gasteiger partial charge >= 0.3 is 0 Å². The summed E-state index contributed by atoms with van der Waals surface area (Å²) in [6.07, 6.45) is 10.0. The van der Waals surface area contributed by atoms with Crippen molar-refractivity contribution >= 4 is 0 Å². The third-order valence-electron chi connectivity index (χ3n) is 2.39. The van der Waals surface area contributed by atoms with Gasteiger partial charge in [-0.25, -0.2) is 0 Å². The smallest absolute Gasteiger partial charge is 0.0149 e. The summed E-state index contributed by atoms with van der Waals surface area (Å²) in [6, 6.07) is 0. The van der Waals surface area contributed by atoms with Gasteiger partial charge < -0.3 is 0 Å². The fraction of sp³-hybridized carbons (Fsp3) is 0.273. The standard InChI is InChI=1S/C11H12/c1-3-9-5-7-10-8(2)4-6-11(9)10/h4-7H,3H2,1-2H3. The van der Waals surface area contributed by atoms with Crippen molar-refractivity contribution in [1.82, 2.24) is 0 Å². The molecule has 0 unspecified atom stereocenters. The van der Waals surface area contributed by atoms with Gasteiger partial charge in [0.1, 0.15) is 0 Å². The van der Waals surface area contributed by atoms with E-state index in [1.54, 1.807) is 0 Å². The van der Waals surface area contributed by atoms with Crippen molar-refractivity contribution in [3.8, 4) is 0 Å². The van der Waals surface area contributed by atoms with E-state index in [1.807, 2.05) is 0 Å². The first-order valence-electron chi connectivity index (χ1n) is 4.13. The lowest BCUT2D eigenvalue weighted by atomic mass is 10.0. The lowest BCUT2D eigenvalue weighted by molar-refractivity contribution is 1.13. The van der Waals surface area contributed by atoms with Crippen LogP contribution in [-0.4, -0.2) is 0 Å². The second-order valence-corrected chi connectivity index (χ2v) is 3.06. The Morgan fingerprint density at radius 3 is 2.45 bits per heavy atom. The van der Waals surface area contributed by atoms with Crippen LogP contribution in [0.3, 0.4) is 0 Å². The predicted octanol–water partition coefficient (Wildman–Crippen LogP) is 3.15. The molecule has 2 rings (SSSR count). The van der Waals surface area contributed by atoms with Gasteiger partial charge in [-0.05, 0) is 35.6 Å². The molecule has 2 aliphatic carbocycles. The van der Waals surface area contributed by atoms with E-state index in [1.165, 1.54) is 22.3 Å². The minimum Gasteiger partial charge on any atom is -0.0613 e. The molecule has 0 aliphatic heterocycles. The number of fused-ring (bicyclic) bond motifs is 1. The third-order valence-corrected chi connectivity index (χ3v) is 2.39. The van der Waals surface area contributed by atoms with E-state index >= 15 is 0 Å². The largest absolute Gasteiger partial charge is 0.0613 e. The van der Waals surface area contributed by atoms with E-state index in [9.17, 15) is 0 Å². The maximum Gasteiger partial charge on any atom is -0.0149 e. The van der Waals surface area contributed by atoms with E-state index in [-0.39, 0.29) is 0 Å². The minimum absolute atomic E-state index is 1.15. The highest BCUT2D eigenvalue weighted by Gasteiger charge is 2.17. The molecule has 0 amide bonds. The van der Waals surface area contributed by atoms with E-state index in [2.05, 4.69) is 38.2 Å². The zero-order chi connectivity index (χ0) is 7.84. The van der Waals surface area contributed by atoms with Gasteiger partial charge in [0.25, 0.3) is 0 Å². The summed E-state index contributed by atoms with van der Waals surface area (Å²) >= 11 is 0. The minimum atomic E-state index is 1.15. The van der Waals surface area contributed by atoms with Crippen molar-refractivity contribution in [3.63, 3.8) is 0 Å². The van der Waals surface area contributed by atoms with Crippen molar-refractivity contribution < 1.29 is 0 Å². The van der Waals surface area contributed by atoms with E-state index in [4.69, 9.17) is 0 Å². The summed E-state index contributed by atoms with van der Waals surface area (Å²) in [6.45, 7) is 4.37. The number of allylic oxidation sites excluding steroid dienone is 8. The van der Waals surface area contributed by atoms with Gasteiger partial charge in [0.15, 0.2) is 0 Å². The first kappa shape index (κ1) is 6.66. The molecular formula is C11H12. The van der Waals surface area contributed by atoms with Gasteiger partial charge in [-0.2, -0.15) is 0 Å². The molecule has 56 valence electrons. The zero-order valence-corrected chi connectivity index (χ0v) is 7.02. The molecule has 0 heteroatoms. The molecule has 0 saturated carbocycles. The summed E-state index contributed by atoms with van der Waals surface area (Å²) < 4.78 is 0. The van der Waals surface area contributed by atoms with Gasteiger partial charge in [-0.15, -0.1) is 0 Å². The molecule has 11 heavy (non-hydrogen) atoms. The Morgan fingerprint density at radius 1 is 1.00 bits per heavy atom. The molecule has 2 aliphatic rings. The van der Waals surface area contributed by atoms with Gasteiger partial charge in [0.2, 0.25) is 0 Å². The molecule has 0 nitrogen and oxygen atoms in total. The molecule has 0 spiro atoms. The van der Waals surface area contributed by atoms with Gasteiger partial charge in [0.05, 0.1) is 0 Å². The van der Waals surface area contributed by atoms with E-state index in [0.29, 0.717) is 0 Å². The molecular weight excluding hydrogens is 132 g/mol. The third kappa shape index (κ3) is 0.823. The second kappa shape index (κ2) is 2.23. The molecule has 0 aromatic carbocycles. The molecule has 0 bridgehead atoms. The summed E-state index contributed by atoms with van der Waals surface area (Å²) in [5.41, 5.74) is 5.76. The van der Waals surface area contributed by atoms with Crippen LogP contribution >= 0.6 is 0 Å². The van der Waals surface area contributed by atoms with Crippen LogP contribution in [0.2, 0.25) is 0 Å². The molecule has 0 aromatic rings. The molecule has 0 N–H and O–H groups in total. The molecule has 0 aromatic heterocycles. The van der Waals surface area contributed by atoms with Crippen LogP contribution in [0.1, 0.15) is 20.3 Å². The average Bonchev–Trinajstić information content (AvgIpc) is 2.53. The Hall–Kier alpha value is -1.04. The molecule has 0 saturated heterocycles. The molecule has 0 heterocycles. The Bertz CT molecular complexity index is 309. The summed E-state index contributed by atoms with van der Waals surface area (Å²) in [7, 11) is 0. The van der Waals surface area contributed by atoms with Gasteiger partial charge in [-0.3, -0.25) is 0 Å². The monoisotopic (exact) mass is 144 g/mol. The SMILES string of the molecule is CCC1=CC=C2C(C)=CC=C12. The van der Waals surface area contributed by atoms with E-state index in [0.717, 1.165) is 6.42 Å². The van der Waals surface area contributed by atoms with Crippen LogP contribution in [0, 0.1) is 0 Å². The van der Waals surface area contributed by atoms with Crippen molar-refractivity contribution in [2.75, 3.05) is 0 Å². The van der Waals surface area contributed by atoms with Crippen molar-refractivity contribution in [1.29, 1.82) is 0 Å². The zero-order valence-electron chi connectivity index (χ0n) is 7.02. The lowest BCUT2D eigenvalue weighted by Crippen LogP contribution is -1.84. The van der Waals surface area contributed by atoms with Crippen LogP contribution in [0.4, 0.5) is 0 Å². The second-order valence-electron chi connectivity index (χ2n) is 3.06. The maximum atomic E-state index is 2.23. The van der Waals surface area contributed by atoms with Crippen LogP contribution < -0.4 is 0 Å². The Labute approximate surface area is 67.6 Å². The molecule has 0 atom stereocenters. The highest BCUT2D eigenvalue weighted by atomic mass is 14.2. The van der Waals surface area contributed by atoms with Crippen LogP contribution in [0.15, 0.2) is 46.6 Å². The first-order chi connectivity index (χ1) is 5.33. The summed E-state index contributed by atoms with van der Waals surface area (Å²) in [5.74, 6) is 0. The average molecular weight is 144 g/mol. The number of hydrogen-bond donors (Lipinski definition) is 0. The topological polar surface area (TPSA) is 0 Å². The van der Waals surface area contributed by atoms with Crippen molar-refractivity contribution in [2.45, 2.75) is 20.3 Å². The first-order valence-corrected chi connectivity index (χ1v) is 4.13. The predicted molar refractivity (Wildman–Crippen MR) is 48.3 cm³/mol. The normalized spacial score (nSPS) is 20.5. The van der Waals surface area contributed by atoms with Crippen LogP contribution in [0.25, 0.3) is 0 Å². The highest BCUT2D eigenvalue weighted by molar-refractivity contribution is 5.67. The lowest BCUT2D eigenvalue weighted by Gasteiger charge is -2.02. The fourth-order valence-electron chi connectivity index (χ4n) is 1.68. The Balaban J connectivity index is 2.37. The molecule has 0 fully saturated rings. The quantitative estimate of drug-likeness (QED) is 0.530. The van der Waals surface area contributed by atoms with Gasteiger partial charge in [0, 0.05) is 0 Å². The highest BCUT2D eigenvalue weighted by Crippen LogP contribution is 2.36. The fourth-order valence-corrected chi connectivity index (χ4v) is 1.68. The number of rotatable bonds is 1. The van der Waals surface area contributed by atoms with Crippen LogP contribution in [-0.2, 0) is 0 Å². The van der Waals surface area contributed by atoms with Crippen molar-refractivity contribution in [3.05, 3.63) is 46.6 Å². The van der Waals surface area contributed by atoms with Crippen LogP contribution in [0.5, 0.6) is 0 Å². The summed E-state index contributed by atoms with van der Waals surface area (Å²) in [5, 5.41) is 0. The molecule has 0 radical (unpaired) electrons. The maximum absolute atomic E-state index is 2.23. The van der Waals surface area contributed by atoms with Crippen molar-refractivity contribution in [2.24, 2.45) is 0 Å². The van der Waals surface area contributed by atoms with E-state index < -0.39 is 0 Å². The number of hydrogen-bond acceptors (Lipinski definition) is 0. The van der Waals surface area contributed by atoms with Gasteiger partial charge in [-0.1, -0.05) is 31.2 Å².